The fourth-order valence-corrected chi connectivity index (χ4v) is 3.41. The predicted molar refractivity (Wildman–Crippen MR) is 91.0 cm³/mol. The second-order valence-electron chi connectivity index (χ2n) is 6.29. The number of rotatable bonds is 4. The van der Waals surface area contributed by atoms with E-state index in [9.17, 15) is 4.79 Å². The van der Waals surface area contributed by atoms with Gasteiger partial charge in [0.05, 0.1) is 0 Å². The minimum absolute atomic E-state index is 0.327. The zero-order chi connectivity index (χ0) is 15.4. The second-order valence-corrected chi connectivity index (χ2v) is 6.29. The van der Waals surface area contributed by atoms with Crippen LogP contribution in [0.4, 0.5) is 0 Å². The molecule has 1 amide bonds. The molecule has 0 bridgehead atoms. The van der Waals surface area contributed by atoms with Crippen LogP contribution in [-0.2, 0) is 17.8 Å². The number of likely N-dealkylation sites (tertiary alicyclic amines) is 1. The maximum atomic E-state index is 12.4. The molecule has 3 nitrogen and oxygen atoms in total. The van der Waals surface area contributed by atoms with Gasteiger partial charge in [0.2, 0.25) is 5.91 Å². The van der Waals surface area contributed by atoms with Crippen molar-refractivity contribution in [3.63, 3.8) is 0 Å². The summed E-state index contributed by atoms with van der Waals surface area (Å²) in [4.78, 5) is 14.4. The highest BCUT2D eigenvalue weighted by atomic mass is 16.2. The van der Waals surface area contributed by atoms with Gasteiger partial charge < -0.3 is 9.47 Å². The summed E-state index contributed by atoms with van der Waals surface area (Å²) in [7, 11) is 0. The molecule has 0 unspecified atom stereocenters. The number of hydrogen-bond acceptors (Lipinski definition) is 1. The summed E-state index contributed by atoms with van der Waals surface area (Å²) in [5.41, 5.74) is 2.55. The summed E-state index contributed by atoms with van der Waals surface area (Å²) in [6.07, 6.45) is 8.51. The fraction of sp³-hybridized carbons (Fsp3) is 0.526. The number of carbonyl (C=O) groups is 1. The summed E-state index contributed by atoms with van der Waals surface area (Å²) >= 11 is 0. The molecule has 0 aliphatic carbocycles. The van der Waals surface area contributed by atoms with E-state index < -0.39 is 0 Å². The minimum atomic E-state index is 0.327. The number of aromatic nitrogens is 1. The van der Waals surface area contributed by atoms with E-state index in [1.807, 2.05) is 0 Å². The number of hydrogen-bond donors (Lipinski definition) is 0. The Bertz CT molecular complexity index is 636. The molecule has 1 aromatic heterocycles. The SMILES string of the molecule is CCn1ccc2cc(CCC(=O)N3CCCCCC3)ccc21. The average molecular weight is 298 g/mol. The Labute approximate surface area is 132 Å². The smallest absolute Gasteiger partial charge is 0.222 e. The lowest BCUT2D eigenvalue weighted by Crippen LogP contribution is -2.31. The number of aryl methyl sites for hydroxylation is 2. The molecule has 3 heteroatoms. The predicted octanol–water partition coefficient (Wildman–Crippen LogP) is 4.00. The lowest BCUT2D eigenvalue weighted by Gasteiger charge is -2.20. The molecule has 2 heterocycles. The molecule has 1 saturated heterocycles. The molecular formula is C19H26N2O. The Hall–Kier alpha value is -1.77. The van der Waals surface area contributed by atoms with Crippen LogP contribution in [0.5, 0.6) is 0 Å². The van der Waals surface area contributed by atoms with Crippen molar-refractivity contribution in [3.8, 4) is 0 Å². The Kier molecular flexibility index (Phi) is 4.81. The molecule has 0 N–H and O–H groups in total. The lowest BCUT2D eigenvalue weighted by atomic mass is 10.1. The quantitative estimate of drug-likeness (QED) is 0.837. The van der Waals surface area contributed by atoms with Gasteiger partial charge in [-0.2, -0.15) is 0 Å². The van der Waals surface area contributed by atoms with E-state index in [0.717, 1.165) is 26.1 Å². The Morgan fingerprint density at radius 3 is 2.59 bits per heavy atom. The van der Waals surface area contributed by atoms with Crippen molar-refractivity contribution in [2.45, 2.75) is 52.0 Å². The van der Waals surface area contributed by atoms with Crippen LogP contribution in [0.15, 0.2) is 30.5 Å². The Balaban J connectivity index is 1.62. The van der Waals surface area contributed by atoms with Crippen molar-refractivity contribution < 1.29 is 4.79 Å². The van der Waals surface area contributed by atoms with Crippen molar-refractivity contribution in [2.75, 3.05) is 13.1 Å². The number of fused-ring (bicyclic) bond motifs is 1. The van der Waals surface area contributed by atoms with Gasteiger partial charge in [0.15, 0.2) is 0 Å². The summed E-state index contributed by atoms with van der Waals surface area (Å²) < 4.78 is 2.25. The van der Waals surface area contributed by atoms with E-state index in [0.29, 0.717) is 12.3 Å². The van der Waals surface area contributed by atoms with Crippen LogP contribution in [0.3, 0.4) is 0 Å². The third-order valence-electron chi connectivity index (χ3n) is 4.76. The monoisotopic (exact) mass is 298 g/mol. The van der Waals surface area contributed by atoms with Crippen LogP contribution in [0.25, 0.3) is 10.9 Å². The van der Waals surface area contributed by atoms with E-state index >= 15 is 0 Å². The zero-order valence-electron chi connectivity index (χ0n) is 13.6. The second kappa shape index (κ2) is 6.99. The van der Waals surface area contributed by atoms with Gasteiger partial charge in [-0.1, -0.05) is 18.9 Å². The van der Waals surface area contributed by atoms with Crippen LogP contribution >= 0.6 is 0 Å². The molecule has 1 fully saturated rings. The van der Waals surface area contributed by atoms with Gasteiger partial charge in [-0.25, -0.2) is 0 Å². The van der Waals surface area contributed by atoms with Crippen molar-refractivity contribution in [1.82, 2.24) is 9.47 Å². The highest BCUT2D eigenvalue weighted by Crippen LogP contribution is 2.19. The lowest BCUT2D eigenvalue weighted by molar-refractivity contribution is -0.131. The Morgan fingerprint density at radius 2 is 1.86 bits per heavy atom. The molecule has 1 aromatic carbocycles. The van der Waals surface area contributed by atoms with Crippen LogP contribution < -0.4 is 0 Å². The van der Waals surface area contributed by atoms with Crippen molar-refractivity contribution in [2.24, 2.45) is 0 Å². The van der Waals surface area contributed by atoms with E-state index in [1.165, 1.54) is 42.1 Å². The van der Waals surface area contributed by atoms with Gasteiger partial charge in [0, 0.05) is 37.8 Å². The largest absolute Gasteiger partial charge is 0.348 e. The highest BCUT2D eigenvalue weighted by molar-refractivity contribution is 5.81. The van der Waals surface area contributed by atoms with Crippen LogP contribution in [-0.4, -0.2) is 28.5 Å². The molecule has 118 valence electrons. The van der Waals surface area contributed by atoms with Crippen LogP contribution in [0, 0.1) is 0 Å². The van der Waals surface area contributed by atoms with Crippen LogP contribution in [0.2, 0.25) is 0 Å². The summed E-state index contributed by atoms with van der Waals surface area (Å²) in [6, 6.07) is 8.75. The number of amides is 1. The topological polar surface area (TPSA) is 25.2 Å². The van der Waals surface area contributed by atoms with E-state index in [2.05, 4.69) is 46.9 Å². The standard InChI is InChI=1S/C19H26N2O/c1-2-20-14-11-17-15-16(7-9-18(17)20)8-10-19(22)21-12-5-3-4-6-13-21/h7,9,11,14-15H,2-6,8,10,12-13H2,1H3. The highest BCUT2D eigenvalue weighted by Gasteiger charge is 2.15. The van der Waals surface area contributed by atoms with Gasteiger partial charge in [-0.15, -0.1) is 0 Å². The van der Waals surface area contributed by atoms with Gasteiger partial charge in [-0.3, -0.25) is 4.79 Å². The van der Waals surface area contributed by atoms with Gasteiger partial charge in [-0.05, 0) is 55.3 Å². The summed E-state index contributed by atoms with van der Waals surface area (Å²) in [6.45, 7) is 5.07. The molecule has 22 heavy (non-hydrogen) atoms. The average Bonchev–Trinajstić information content (AvgIpc) is 2.76. The molecular weight excluding hydrogens is 272 g/mol. The minimum Gasteiger partial charge on any atom is -0.348 e. The number of carbonyl (C=O) groups excluding carboxylic acids is 1. The zero-order valence-corrected chi connectivity index (χ0v) is 13.6. The number of nitrogens with zero attached hydrogens (tertiary/aromatic N) is 2. The maximum absolute atomic E-state index is 12.4. The first-order chi connectivity index (χ1) is 10.8. The van der Waals surface area contributed by atoms with Crippen molar-refractivity contribution in [1.29, 1.82) is 0 Å². The summed E-state index contributed by atoms with van der Waals surface area (Å²) in [5, 5.41) is 1.28. The Morgan fingerprint density at radius 1 is 1.09 bits per heavy atom. The van der Waals surface area contributed by atoms with E-state index in [1.54, 1.807) is 0 Å². The normalized spacial score (nSPS) is 16.0. The molecule has 2 aromatic rings. The summed E-state index contributed by atoms with van der Waals surface area (Å²) in [5.74, 6) is 0.327. The first kappa shape index (κ1) is 15.1. The molecule has 0 spiro atoms. The fourth-order valence-electron chi connectivity index (χ4n) is 3.41. The first-order valence-electron chi connectivity index (χ1n) is 8.63. The molecule has 3 rings (SSSR count). The number of benzene rings is 1. The van der Waals surface area contributed by atoms with Crippen molar-refractivity contribution >= 4 is 16.8 Å². The van der Waals surface area contributed by atoms with Gasteiger partial charge in [0.1, 0.15) is 0 Å². The van der Waals surface area contributed by atoms with Crippen LogP contribution in [0.1, 0.15) is 44.6 Å². The van der Waals surface area contributed by atoms with Gasteiger partial charge in [0.25, 0.3) is 0 Å². The molecule has 0 saturated carbocycles. The van der Waals surface area contributed by atoms with E-state index in [4.69, 9.17) is 0 Å². The molecule has 1 aliphatic heterocycles. The molecule has 0 radical (unpaired) electrons. The molecule has 1 aliphatic rings. The maximum Gasteiger partial charge on any atom is 0.222 e. The van der Waals surface area contributed by atoms with Gasteiger partial charge >= 0.3 is 0 Å². The molecule has 0 atom stereocenters. The third kappa shape index (κ3) is 3.34. The first-order valence-corrected chi connectivity index (χ1v) is 8.63. The third-order valence-corrected chi connectivity index (χ3v) is 4.76. The van der Waals surface area contributed by atoms with E-state index in [-0.39, 0.29) is 0 Å². The van der Waals surface area contributed by atoms with Crippen molar-refractivity contribution in [3.05, 3.63) is 36.0 Å².